The summed E-state index contributed by atoms with van der Waals surface area (Å²) in [5, 5.41) is 9.50. The molecular weight excluding hydrogens is 578 g/mol. The van der Waals surface area contributed by atoms with Crippen LogP contribution in [0.1, 0.15) is 41.1 Å². The molecule has 11 heteroatoms. The molecule has 0 aliphatic carbocycles. The van der Waals surface area contributed by atoms with E-state index in [1.165, 1.54) is 0 Å². The number of nitrogens with one attached hydrogen (secondary N) is 1. The summed E-state index contributed by atoms with van der Waals surface area (Å²) in [5.41, 5.74) is 3.59. The van der Waals surface area contributed by atoms with Crippen molar-refractivity contribution in [1.82, 2.24) is 19.6 Å². The first kappa shape index (κ1) is 30.3. The van der Waals surface area contributed by atoms with E-state index in [-0.39, 0.29) is 30.3 Å². The summed E-state index contributed by atoms with van der Waals surface area (Å²) in [6.45, 7) is 4.39. The number of hydrogen-bond donors (Lipinski definition) is 2. The first-order valence-electron chi connectivity index (χ1n) is 14.9. The minimum atomic E-state index is -3.60. The van der Waals surface area contributed by atoms with Crippen LogP contribution in [-0.2, 0) is 32.6 Å². The fraction of sp³-hybridized carbons (Fsp3) is 0.333. The monoisotopic (exact) mass is 615 g/mol. The predicted molar refractivity (Wildman–Crippen MR) is 166 cm³/mol. The Morgan fingerprint density at radius 3 is 2.14 bits per heavy atom. The maximum atomic E-state index is 12.6. The van der Waals surface area contributed by atoms with Crippen LogP contribution >= 0.6 is 0 Å². The Balaban J connectivity index is 1.12. The normalized spacial score (nSPS) is 21.3. The number of rotatable bonds is 10. The van der Waals surface area contributed by atoms with Crippen LogP contribution in [0.25, 0.3) is 0 Å². The maximum Gasteiger partial charge on any atom is 0.240 e. The molecule has 3 atom stereocenters. The second kappa shape index (κ2) is 13.9. The SMILES string of the molecule is O=S(=O)(NCc1ccc(C2OC(CN3CCN(c4ncccn4)CC3)CC(c3ccc(CO)cc3)O2)cc1)c1ccccc1. The predicted octanol–water partition coefficient (Wildman–Crippen LogP) is 3.82. The lowest BCUT2D eigenvalue weighted by Crippen LogP contribution is -2.50. The van der Waals surface area contributed by atoms with Gasteiger partial charge in [-0.05, 0) is 34.9 Å². The number of aliphatic hydroxyl groups is 1. The van der Waals surface area contributed by atoms with E-state index in [1.807, 2.05) is 54.6 Å². The Morgan fingerprint density at radius 1 is 0.795 bits per heavy atom. The van der Waals surface area contributed by atoms with Gasteiger partial charge in [0.15, 0.2) is 6.29 Å². The highest BCUT2D eigenvalue weighted by molar-refractivity contribution is 7.89. The third kappa shape index (κ3) is 7.49. The van der Waals surface area contributed by atoms with Gasteiger partial charge in [0.05, 0.1) is 23.7 Å². The molecule has 2 N–H and O–H groups in total. The molecule has 0 bridgehead atoms. The standard InChI is InChI=1S/C33H37N5O5S/c39-24-26-9-11-27(12-10-26)31-21-29(23-37-17-19-38(20-18-37)33-34-15-4-16-35-33)42-32(43-31)28-13-7-25(8-14-28)22-36-44(40,41)30-5-2-1-3-6-30/h1-16,29,31-32,36,39H,17-24H2. The van der Waals surface area contributed by atoms with Crippen molar-refractivity contribution in [3.05, 3.63) is 120 Å². The van der Waals surface area contributed by atoms with Crippen molar-refractivity contribution >= 4 is 16.0 Å². The van der Waals surface area contributed by atoms with Gasteiger partial charge in [0, 0.05) is 63.6 Å². The third-order valence-electron chi connectivity index (χ3n) is 8.06. The summed E-state index contributed by atoms with van der Waals surface area (Å²) in [5.74, 6) is 0.761. The first-order valence-corrected chi connectivity index (χ1v) is 16.3. The molecule has 3 heterocycles. The van der Waals surface area contributed by atoms with Gasteiger partial charge in [-0.3, -0.25) is 4.90 Å². The molecule has 3 unspecified atom stereocenters. The van der Waals surface area contributed by atoms with Gasteiger partial charge in [-0.15, -0.1) is 0 Å². The van der Waals surface area contributed by atoms with E-state index in [4.69, 9.17) is 9.47 Å². The van der Waals surface area contributed by atoms with Gasteiger partial charge in [-0.1, -0.05) is 66.7 Å². The second-order valence-electron chi connectivity index (χ2n) is 11.1. The third-order valence-corrected chi connectivity index (χ3v) is 9.47. The molecule has 0 amide bonds. The van der Waals surface area contributed by atoms with Crippen molar-refractivity contribution in [2.24, 2.45) is 0 Å². The zero-order valence-electron chi connectivity index (χ0n) is 24.4. The van der Waals surface area contributed by atoms with Crippen LogP contribution < -0.4 is 9.62 Å². The minimum Gasteiger partial charge on any atom is -0.392 e. The zero-order chi connectivity index (χ0) is 30.4. The molecule has 1 aromatic heterocycles. The number of sulfonamides is 1. The summed E-state index contributed by atoms with van der Waals surface area (Å²) < 4.78 is 41.0. The Kier molecular flexibility index (Phi) is 9.60. The zero-order valence-corrected chi connectivity index (χ0v) is 25.2. The molecule has 2 fully saturated rings. The maximum absolute atomic E-state index is 12.6. The fourth-order valence-electron chi connectivity index (χ4n) is 5.56. The van der Waals surface area contributed by atoms with Crippen LogP contribution in [-0.4, -0.2) is 67.2 Å². The molecule has 230 valence electrons. The lowest BCUT2D eigenvalue weighted by molar-refractivity contribution is -0.253. The molecule has 0 spiro atoms. The van der Waals surface area contributed by atoms with Crippen molar-refractivity contribution in [3.63, 3.8) is 0 Å². The molecule has 0 saturated carbocycles. The number of anilines is 1. The molecule has 44 heavy (non-hydrogen) atoms. The molecule has 10 nitrogen and oxygen atoms in total. The lowest BCUT2D eigenvalue weighted by Gasteiger charge is -2.40. The smallest absolute Gasteiger partial charge is 0.240 e. The molecule has 3 aromatic carbocycles. The number of piperazine rings is 1. The van der Waals surface area contributed by atoms with Gasteiger partial charge in [-0.25, -0.2) is 23.1 Å². The molecule has 0 radical (unpaired) electrons. The molecule has 2 saturated heterocycles. The van der Waals surface area contributed by atoms with Gasteiger partial charge in [-0.2, -0.15) is 0 Å². The molecular formula is C33H37N5O5S. The van der Waals surface area contributed by atoms with Crippen molar-refractivity contribution in [2.45, 2.75) is 43.0 Å². The number of nitrogens with zero attached hydrogens (tertiary/aromatic N) is 4. The van der Waals surface area contributed by atoms with Crippen LogP contribution in [0, 0.1) is 0 Å². The summed E-state index contributed by atoms with van der Waals surface area (Å²) in [4.78, 5) is 13.6. The van der Waals surface area contributed by atoms with E-state index >= 15 is 0 Å². The average Bonchev–Trinajstić information content (AvgIpc) is 3.09. The van der Waals surface area contributed by atoms with Crippen LogP contribution in [0.4, 0.5) is 5.95 Å². The van der Waals surface area contributed by atoms with Crippen molar-refractivity contribution < 1.29 is 23.0 Å². The van der Waals surface area contributed by atoms with E-state index < -0.39 is 16.3 Å². The topological polar surface area (TPSA) is 117 Å². The van der Waals surface area contributed by atoms with Gasteiger partial charge in [0.1, 0.15) is 0 Å². The molecule has 6 rings (SSSR count). The summed E-state index contributed by atoms with van der Waals surface area (Å²) in [6.07, 6.45) is 3.43. The number of aliphatic hydroxyl groups excluding tert-OH is 1. The van der Waals surface area contributed by atoms with Crippen molar-refractivity contribution in [3.8, 4) is 0 Å². The highest BCUT2D eigenvalue weighted by Crippen LogP contribution is 2.38. The number of aromatic nitrogens is 2. The van der Waals surface area contributed by atoms with Crippen molar-refractivity contribution in [1.29, 1.82) is 0 Å². The van der Waals surface area contributed by atoms with E-state index in [0.717, 1.165) is 60.9 Å². The molecule has 4 aromatic rings. The second-order valence-corrected chi connectivity index (χ2v) is 12.8. The number of benzene rings is 3. The fourth-order valence-corrected chi connectivity index (χ4v) is 6.60. The average molecular weight is 616 g/mol. The van der Waals surface area contributed by atoms with E-state index in [0.29, 0.717) is 6.42 Å². The van der Waals surface area contributed by atoms with Crippen LogP contribution in [0.3, 0.4) is 0 Å². The number of ether oxygens (including phenoxy) is 2. The van der Waals surface area contributed by atoms with Crippen molar-refractivity contribution in [2.75, 3.05) is 37.6 Å². The Bertz CT molecular complexity index is 1580. The van der Waals surface area contributed by atoms with Gasteiger partial charge < -0.3 is 19.5 Å². The Morgan fingerprint density at radius 2 is 1.45 bits per heavy atom. The van der Waals surface area contributed by atoms with E-state index in [9.17, 15) is 13.5 Å². The largest absolute Gasteiger partial charge is 0.392 e. The minimum absolute atomic E-state index is 0.00593. The van der Waals surface area contributed by atoms with Crippen LogP contribution in [0.2, 0.25) is 0 Å². The van der Waals surface area contributed by atoms with E-state index in [1.54, 1.807) is 42.7 Å². The van der Waals surface area contributed by atoms with Gasteiger partial charge >= 0.3 is 0 Å². The molecule has 2 aliphatic heterocycles. The number of hydrogen-bond acceptors (Lipinski definition) is 9. The summed E-state index contributed by atoms with van der Waals surface area (Å²) in [6, 6.07) is 25.7. The van der Waals surface area contributed by atoms with Crippen LogP contribution in [0.5, 0.6) is 0 Å². The highest BCUT2D eigenvalue weighted by Gasteiger charge is 2.34. The van der Waals surface area contributed by atoms with Gasteiger partial charge in [0.25, 0.3) is 0 Å². The van der Waals surface area contributed by atoms with Crippen LogP contribution in [0.15, 0.2) is 102 Å². The summed E-state index contributed by atoms with van der Waals surface area (Å²) >= 11 is 0. The highest BCUT2D eigenvalue weighted by atomic mass is 32.2. The Labute approximate surface area is 258 Å². The first-order chi connectivity index (χ1) is 21.5. The van der Waals surface area contributed by atoms with E-state index in [2.05, 4.69) is 24.5 Å². The Hall–Kier alpha value is -3.71. The quantitative estimate of drug-likeness (QED) is 0.275. The lowest BCUT2D eigenvalue weighted by atomic mass is 9.99. The van der Waals surface area contributed by atoms with Gasteiger partial charge in [0.2, 0.25) is 16.0 Å². The molecule has 2 aliphatic rings. The summed E-state index contributed by atoms with van der Waals surface area (Å²) in [7, 11) is -3.60.